The predicted octanol–water partition coefficient (Wildman–Crippen LogP) is 1.57. The molecule has 26 heavy (non-hydrogen) atoms. The lowest BCUT2D eigenvalue weighted by atomic mass is 10.1. The molecule has 3 rings (SSSR count). The zero-order valence-corrected chi connectivity index (χ0v) is 15.8. The van der Waals surface area contributed by atoms with Crippen LogP contribution in [0.25, 0.3) is 0 Å². The number of urea groups is 1. The quantitative estimate of drug-likeness (QED) is 0.792. The van der Waals surface area contributed by atoms with Gasteiger partial charge in [0.15, 0.2) is 0 Å². The van der Waals surface area contributed by atoms with Gasteiger partial charge in [-0.25, -0.2) is 17.6 Å². The summed E-state index contributed by atoms with van der Waals surface area (Å²) < 4.78 is 45.9. The average Bonchev–Trinajstić information content (AvgIpc) is 3.08. The minimum atomic E-state index is -3.82. The van der Waals surface area contributed by atoms with Crippen LogP contribution in [0.4, 0.5) is 9.18 Å². The molecule has 1 atom stereocenters. The lowest BCUT2D eigenvalue weighted by Gasteiger charge is -2.37. The maximum absolute atomic E-state index is 13.2. The van der Waals surface area contributed by atoms with Gasteiger partial charge in [-0.2, -0.15) is 4.31 Å². The van der Waals surface area contributed by atoms with E-state index in [2.05, 4.69) is 0 Å². The number of hydrogen-bond donors (Lipinski definition) is 0. The van der Waals surface area contributed by atoms with Crippen molar-refractivity contribution in [1.82, 2.24) is 14.1 Å². The maximum atomic E-state index is 13.2. The highest BCUT2D eigenvalue weighted by molar-refractivity contribution is 7.89. The van der Waals surface area contributed by atoms with Crippen molar-refractivity contribution in [2.75, 3.05) is 39.4 Å². The van der Waals surface area contributed by atoms with Gasteiger partial charge >= 0.3 is 6.03 Å². The van der Waals surface area contributed by atoms with Crippen LogP contribution in [0, 0.1) is 11.7 Å². The van der Waals surface area contributed by atoms with Gasteiger partial charge in [-0.1, -0.05) is 13.8 Å². The zero-order chi connectivity index (χ0) is 18.9. The Labute approximate surface area is 153 Å². The van der Waals surface area contributed by atoms with Gasteiger partial charge in [0.25, 0.3) is 0 Å². The van der Waals surface area contributed by atoms with Crippen molar-refractivity contribution in [3.63, 3.8) is 0 Å². The molecule has 2 heterocycles. The van der Waals surface area contributed by atoms with E-state index in [1.54, 1.807) is 9.80 Å². The summed E-state index contributed by atoms with van der Waals surface area (Å²) in [4.78, 5) is 16.3. The topological polar surface area (TPSA) is 70.2 Å². The third kappa shape index (κ3) is 3.56. The molecular formula is C17H24FN3O4S. The predicted molar refractivity (Wildman–Crippen MR) is 93.4 cm³/mol. The second-order valence-electron chi connectivity index (χ2n) is 6.80. The molecule has 2 fully saturated rings. The summed E-state index contributed by atoms with van der Waals surface area (Å²) in [6.45, 7) is 6.33. The molecule has 2 aliphatic rings. The minimum Gasteiger partial charge on any atom is -0.378 e. The molecule has 2 saturated heterocycles. The van der Waals surface area contributed by atoms with Crippen molar-refractivity contribution in [2.24, 2.45) is 5.92 Å². The van der Waals surface area contributed by atoms with E-state index in [0.29, 0.717) is 32.8 Å². The van der Waals surface area contributed by atoms with Crippen molar-refractivity contribution in [3.8, 4) is 0 Å². The van der Waals surface area contributed by atoms with Gasteiger partial charge in [-0.15, -0.1) is 0 Å². The Morgan fingerprint density at radius 1 is 1.12 bits per heavy atom. The highest BCUT2D eigenvalue weighted by atomic mass is 32.2. The Bertz CT molecular complexity index is 748. The molecule has 0 aromatic heterocycles. The van der Waals surface area contributed by atoms with Gasteiger partial charge in [0.2, 0.25) is 10.0 Å². The second kappa shape index (κ2) is 7.50. The summed E-state index contributed by atoms with van der Waals surface area (Å²) in [6.07, 6.45) is -0.569. The van der Waals surface area contributed by atoms with E-state index < -0.39 is 22.0 Å². The summed E-state index contributed by atoms with van der Waals surface area (Å²) in [5, 5.41) is 0. The van der Waals surface area contributed by atoms with Gasteiger partial charge in [0.1, 0.15) is 12.0 Å². The lowest BCUT2D eigenvalue weighted by molar-refractivity contribution is 0.0370. The highest BCUT2D eigenvalue weighted by Crippen LogP contribution is 2.29. The molecular weight excluding hydrogens is 361 g/mol. The van der Waals surface area contributed by atoms with Crippen LogP contribution in [0.15, 0.2) is 29.2 Å². The van der Waals surface area contributed by atoms with Crippen LogP contribution in [0.1, 0.15) is 13.8 Å². The fourth-order valence-electron chi connectivity index (χ4n) is 3.47. The number of carbonyl (C=O) groups is 1. The zero-order valence-electron chi connectivity index (χ0n) is 15.0. The first-order valence-corrected chi connectivity index (χ1v) is 10.2. The molecule has 0 N–H and O–H groups in total. The number of benzene rings is 1. The third-order valence-corrected chi connectivity index (χ3v) is 6.60. The first-order valence-electron chi connectivity index (χ1n) is 8.73. The molecule has 0 spiro atoms. The van der Waals surface area contributed by atoms with Crippen molar-refractivity contribution in [1.29, 1.82) is 0 Å². The Morgan fingerprint density at radius 2 is 1.73 bits per heavy atom. The average molecular weight is 385 g/mol. The number of morpholine rings is 1. The van der Waals surface area contributed by atoms with Crippen LogP contribution in [0.3, 0.4) is 0 Å². The van der Waals surface area contributed by atoms with Crippen molar-refractivity contribution in [2.45, 2.75) is 24.9 Å². The molecule has 0 bridgehead atoms. The van der Waals surface area contributed by atoms with Gasteiger partial charge in [-0.3, -0.25) is 0 Å². The Morgan fingerprint density at radius 3 is 2.31 bits per heavy atom. The van der Waals surface area contributed by atoms with Crippen molar-refractivity contribution < 1.29 is 22.3 Å². The van der Waals surface area contributed by atoms with Gasteiger partial charge < -0.3 is 14.5 Å². The number of ether oxygens (including phenoxy) is 1. The maximum Gasteiger partial charge on any atom is 0.321 e. The fourth-order valence-corrected chi connectivity index (χ4v) is 5.18. The summed E-state index contributed by atoms with van der Waals surface area (Å²) >= 11 is 0. The molecule has 0 radical (unpaired) electrons. The summed E-state index contributed by atoms with van der Waals surface area (Å²) in [5.74, 6) is -0.576. The van der Waals surface area contributed by atoms with Gasteiger partial charge in [-0.05, 0) is 30.2 Å². The van der Waals surface area contributed by atoms with E-state index in [0.717, 1.165) is 12.1 Å². The molecule has 2 amide bonds. The van der Waals surface area contributed by atoms with Crippen molar-refractivity contribution >= 4 is 16.1 Å². The Balaban J connectivity index is 1.86. The first kappa shape index (κ1) is 19.1. The van der Waals surface area contributed by atoms with E-state index in [9.17, 15) is 17.6 Å². The molecule has 1 aromatic carbocycles. The number of hydrogen-bond acceptors (Lipinski definition) is 4. The molecule has 1 aromatic rings. The largest absolute Gasteiger partial charge is 0.378 e. The van der Waals surface area contributed by atoms with Crippen LogP contribution < -0.4 is 0 Å². The van der Waals surface area contributed by atoms with E-state index >= 15 is 0 Å². The number of carbonyl (C=O) groups excluding carboxylic acids is 1. The fraction of sp³-hybridized carbons (Fsp3) is 0.588. The van der Waals surface area contributed by atoms with E-state index in [1.807, 2.05) is 13.8 Å². The van der Waals surface area contributed by atoms with Crippen LogP contribution in [0.2, 0.25) is 0 Å². The highest BCUT2D eigenvalue weighted by Gasteiger charge is 2.45. The first-order chi connectivity index (χ1) is 12.3. The molecule has 2 aliphatic heterocycles. The van der Waals surface area contributed by atoms with Gasteiger partial charge in [0.05, 0.1) is 18.1 Å². The van der Waals surface area contributed by atoms with E-state index in [4.69, 9.17) is 4.74 Å². The smallest absolute Gasteiger partial charge is 0.321 e. The van der Waals surface area contributed by atoms with Crippen molar-refractivity contribution in [3.05, 3.63) is 30.1 Å². The van der Waals surface area contributed by atoms with E-state index in [-0.39, 0.29) is 23.4 Å². The lowest BCUT2D eigenvalue weighted by Crippen LogP contribution is -2.53. The number of sulfonamides is 1. The Hall–Kier alpha value is -1.71. The standard InChI is InChI=1S/C17H24FN3O4S/c1-13(2)16-20(17(22)19-9-11-25-12-10-19)7-8-21(16)26(23,24)15-5-3-14(18)4-6-15/h3-6,13,16H,7-12H2,1-2H3. The monoisotopic (exact) mass is 385 g/mol. The van der Waals surface area contributed by atoms with Crippen LogP contribution >= 0.6 is 0 Å². The molecule has 144 valence electrons. The number of nitrogens with zero attached hydrogens (tertiary/aromatic N) is 3. The van der Waals surface area contributed by atoms with Crippen LogP contribution in [0.5, 0.6) is 0 Å². The molecule has 1 unspecified atom stereocenters. The number of halogens is 1. The molecule has 7 nitrogen and oxygen atoms in total. The van der Waals surface area contributed by atoms with E-state index in [1.165, 1.54) is 16.4 Å². The number of rotatable bonds is 3. The number of amides is 2. The second-order valence-corrected chi connectivity index (χ2v) is 8.69. The van der Waals surface area contributed by atoms with Crippen LogP contribution in [-0.2, 0) is 14.8 Å². The summed E-state index contributed by atoms with van der Waals surface area (Å²) in [6, 6.07) is 4.61. The third-order valence-electron chi connectivity index (χ3n) is 4.72. The SMILES string of the molecule is CC(C)C1N(C(=O)N2CCOCC2)CCN1S(=O)(=O)c1ccc(F)cc1. The molecule has 0 aliphatic carbocycles. The summed E-state index contributed by atoms with van der Waals surface area (Å²) in [7, 11) is -3.82. The summed E-state index contributed by atoms with van der Waals surface area (Å²) in [5.41, 5.74) is 0. The normalized spacial score (nSPS) is 22.2. The molecule has 9 heteroatoms. The van der Waals surface area contributed by atoms with Gasteiger partial charge in [0, 0.05) is 26.2 Å². The minimum absolute atomic E-state index is 0.0326. The van der Waals surface area contributed by atoms with Crippen LogP contribution in [-0.4, -0.2) is 74.1 Å². The molecule has 0 saturated carbocycles. The Kier molecular flexibility index (Phi) is 5.50.